The fraction of sp³-hybridized carbons (Fsp3) is 0.600. The number of halogens is 1. The Morgan fingerprint density at radius 1 is 1.27 bits per heavy atom. The third kappa shape index (κ3) is 6.29. The number of amides is 2. The molecule has 3 N–H and O–H groups in total. The fourth-order valence-corrected chi connectivity index (χ4v) is 3.29. The zero-order valence-electron chi connectivity index (χ0n) is 16.2. The Morgan fingerprint density at radius 2 is 1.96 bits per heavy atom. The first-order valence-electron chi connectivity index (χ1n) is 9.28. The summed E-state index contributed by atoms with van der Waals surface area (Å²) in [6.45, 7) is 9.11. The van der Waals surface area contributed by atoms with E-state index in [1.54, 1.807) is 6.07 Å². The molecule has 1 fully saturated rings. The number of aryl methyl sites for hydroxylation is 1. The summed E-state index contributed by atoms with van der Waals surface area (Å²) in [5.41, 5.74) is 1.53. The number of hydrogen-bond acceptors (Lipinski definition) is 3. The van der Waals surface area contributed by atoms with Crippen molar-refractivity contribution in [1.82, 2.24) is 16.0 Å². The summed E-state index contributed by atoms with van der Waals surface area (Å²) < 4.78 is 0. The highest BCUT2D eigenvalue weighted by Gasteiger charge is 2.28. The first-order chi connectivity index (χ1) is 11.9. The van der Waals surface area contributed by atoms with Gasteiger partial charge in [0.25, 0.3) is 5.91 Å². The van der Waals surface area contributed by atoms with Crippen LogP contribution in [0.25, 0.3) is 0 Å². The van der Waals surface area contributed by atoms with E-state index >= 15 is 0 Å². The van der Waals surface area contributed by atoms with E-state index < -0.39 is 6.04 Å². The van der Waals surface area contributed by atoms with Crippen LogP contribution in [0, 0.1) is 12.8 Å². The summed E-state index contributed by atoms with van der Waals surface area (Å²) in [6.07, 6.45) is 2.65. The van der Waals surface area contributed by atoms with Crippen molar-refractivity contribution in [2.75, 3.05) is 6.54 Å². The molecule has 6 heteroatoms. The van der Waals surface area contributed by atoms with Crippen LogP contribution in [0.4, 0.5) is 0 Å². The van der Waals surface area contributed by atoms with Crippen LogP contribution in [0.3, 0.4) is 0 Å². The van der Waals surface area contributed by atoms with Gasteiger partial charge in [-0.2, -0.15) is 0 Å². The maximum Gasteiger partial charge on any atom is 0.252 e. The van der Waals surface area contributed by atoms with E-state index in [4.69, 9.17) is 0 Å². The molecule has 0 saturated carbocycles. The SMILES string of the molecule is Cc1ccccc1C(=O)NC(CC(C)C)C(=O)NC1CCCNC1C.Cl. The van der Waals surface area contributed by atoms with E-state index in [-0.39, 0.29) is 36.3 Å². The predicted molar refractivity (Wildman–Crippen MR) is 108 cm³/mol. The number of rotatable bonds is 6. The smallest absolute Gasteiger partial charge is 0.252 e. The lowest BCUT2D eigenvalue weighted by Gasteiger charge is -2.32. The normalized spacial score (nSPS) is 20.8. The molecule has 0 aromatic heterocycles. The van der Waals surface area contributed by atoms with Crippen LogP contribution in [0.5, 0.6) is 0 Å². The van der Waals surface area contributed by atoms with E-state index in [1.807, 2.05) is 25.1 Å². The van der Waals surface area contributed by atoms with Gasteiger partial charge in [-0.1, -0.05) is 32.0 Å². The van der Waals surface area contributed by atoms with Crippen LogP contribution in [-0.2, 0) is 4.79 Å². The molecule has 1 aromatic carbocycles. The Morgan fingerprint density at radius 3 is 2.58 bits per heavy atom. The number of carbonyl (C=O) groups excluding carboxylic acids is 2. The average Bonchev–Trinajstić information content (AvgIpc) is 2.56. The van der Waals surface area contributed by atoms with Crippen molar-refractivity contribution in [1.29, 1.82) is 0 Å². The fourth-order valence-electron chi connectivity index (χ4n) is 3.29. The standard InChI is InChI=1S/C20H31N3O2.ClH/c1-13(2)12-18(20(25)22-17-10-7-11-21-15(17)4)23-19(24)16-9-6-5-8-14(16)3;/h5-6,8-9,13,15,17-18,21H,7,10-12H2,1-4H3,(H,22,25)(H,23,24);1H. The summed E-state index contributed by atoms with van der Waals surface area (Å²) in [5, 5.41) is 9.46. The molecule has 1 aliphatic heterocycles. The van der Waals surface area contributed by atoms with Gasteiger partial charge in [0.15, 0.2) is 0 Å². The topological polar surface area (TPSA) is 70.2 Å². The van der Waals surface area contributed by atoms with E-state index in [1.165, 1.54) is 0 Å². The molecule has 2 amide bonds. The molecule has 0 spiro atoms. The van der Waals surface area contributed by atoms with Crippen LogP contribution >= 0.6 is 12.4 Å². The van der Waals surface area contributed by atoms with Crippen molar-refractivity contribution < 1.29 is 9.59 Å². The number of nitrogens with one attached hydrogen (secondary N) is 3. The molecular formula is C20H32ClN3O2. The minimum absolute atomic E-state index is 0. The second-order valence-corrected chi connectivity index (χ2v) is 7.47. The third-order valence-electron chi connectivity index (χ3n) is 4.81. The lowest BCUT2D eigenvalue weighted by atomic mass is 9.97. The zero-order valence-corrected chi connectivity index (χ0v) is 17.0. The maximum absolute atomic E-state index is 12.8. The molecule has 2 rings (SSSR count). The molecule has 3 unspecified atom stereocenters. The van der Waals surface area contributed by atoms with E-state index in [2.05, 4.69) is 36.7 Å². The monoisotopic (exact) mass is 381 g/mol. The molecule has 0 aliphatic carbocycles. The highest BCUT2D eigenvalue weighted by Crippen LogP contribution is 2.12. The number of piperidine rings is 1. The van der Waals surface area contributed by atoms with Gasteiger partial charge in [-0.25, -0.2) is 0 Å². The Hall–Kier alpha value is -1.59. The van der Waals surface area contributed by atoms with Crippen molar-refractivity contribution in [3.63, 3.8) is 0 Å². The van der Waals surface area contributed by atoms with E-state index in [9.17, 15) is 9.59 Å². The van der Waals surface area contributed by atoms with Crippen LogP contribution in [-0.4, -0.2) is 36.5 Å². The second-order valence-electron chi connectivity index (χ2n) is 7.47. The lowest BCUT2D eigenvalue weighted by Crippen LogP contribution is -2.56. The number of carbonyl (C=O) groups is 2. The quantitative estimate of drug-likeness (QED) is 0.709. The van der Waals surface area contributed by atoms with Gasteiger partial charge in [-0.05, 0) is 57.2 Å². The number of benzene rings is 1. The van der Waals surface area contributed by atoms with Gasteiger partial charge in [0, 0.05) is 17.6 Å². The van der Waals surface area contributed by atoms with Crippen molar-refractivity contribution in [3.05, 3.63) is 35.4 Å². The predicted octanol–water partition coefficient (Wildman–Crippen LogP) is 2.82. The molecule has 146 valence electrons. The Bertz CT molecular complexity index is 606. The van der Waals surface area contributed by atoms with Gasteiger partial charge < -0.3 is 16.0 Å². The van der Waals surface area contributed by atoms with Crippen LogP contribution < -0.4 is 16.0 Å². The van der Waals surface area contributed by atoms with Gasteiger partial charge in [-0.3, -0.25) is 9.59 Å². The maximum atomic E-state index is 12.8. The first kappa shape index (κ1) is 22.5. The molecule has 1 aliphatic rings. The Balaban J connectivity index is 0.00000338. The summed E-state index contributed by atoms with van der Waals surface area (Å²) in [6, 6.07) is 7.30. The third-order valence-corrected chi connectivity index (χ3v) is 4.81. The van der Waals surface area contributed by atoms with Crippen LogP contribution in [0.1, 0.15) is 56.0 Å². The molecule has 26 heavy (non-hydrogen) atoms. The van der Waals surface area contributed by atoms with Gasteiger partial charge in [0.05, 0.1) is 0 Å². The van der Waals surface area contributed by atoms with Gasteiger partial charge in [0.1, 0.15) is 6.04 Å². The van der Waals surface area contributed by atoms with Crippen molar-refractivity contribution in [2.45, 2.75) is 65.1 Å². The molecular weight excluding hydrogens is 350 g/mol. The zero-order chi connectivity index (χ0) is 18.4. The highest BCUT2D eigenvalue weighted by atomic mass is 35.5. The van der Waals surface area contributed by atoms with Gasteiger partial charge >= 0.3 is 0 Å². The van der Waals surface area contributed by atoms with Crippen LogP contribution in [0.15, 0.2) is 24.3 Å². The largest absolute Gasteiger partial charge is 0.350 e. The van der Waals surface area contributed by atoms with Gasteiger partial charge in [0.2, 0.25) is 5.91 Å². The summed E-state index contributed by atoms with van der Waals surface area (Å²) in [4.78, 5) is 25.4. The van der Waals surface area contributed by atoms with Gasteiger partial charge in [-0.15, -0.1) is 12.4 Å². The molecule has 1 saturated heterocycles. The Labute approximate surface area is 163 Å². The first-order valence-corrected chi connectivity index (χ1v) is 9.28. The second kappa shape index (κ2) is 10.5. The molecule has 0 radical (unpaired) electrons. The molecule has 1 aromatic rings. The molecule has 1 heterocycles. The average molecular weight is 382 g/mol. The summed E-state index contributed by atoms with van der Waals surface area (Å²) in [7, 11) is 0. The van der Waals surface area contributed by atoms with Crippen molar-refractivity contribution in [2.24, 2.45) is 5.92 Å². The highest BCUT2D eigenvalue weighted by molar-refractivity contribution is 5.98. The minimum atomic E-state index is -0.513. The molecule has 3 atom stereocenters. The molecule has 0 bridgehead atoms. The van der Waals surface area contributed by atoms with E-state index in [0.717, 1.165) is 24.9 Å². The summed E-state index contributed by atoms with van der Waals surface area (Å²) >= 11 is 0. The lowest BCUT2D eigenvalue weighted by molar-refractivity contribution is -0.124. The van der Waals surface area contributed by atoms with E-state index in [0.29, 0.717) is 17.9 Å². The molecule has 5 nitrogen and oxygen atoms in total. The van der Waals surface area contributed by atoms with Crippen LogP contribution in [0.2, 0.25) is 0 Å². The van der Waals surface area contributed by atoms with Crippen molar-refractivity contribution in [3.8, 4) is 0 Å². The summed E-state index contributed by atoms with van der Waals surface area (Å²) in [5.74, 6) is 0.0414. The number of hydrogen-bond donors (Lipinski definition) is 3. The Kier molecular flexibility index (Phi) is 9.09. The van der Waals surface area contributed by atoms with Crippen molar-refractivity contribution >= 4 is 24.2 Å². The minimum Gasteiger partial charge on any atom is -0.350 e.